The molecule has 0 unspecified atom stereocenters. The zero-order valence-electron chi connectivity index (χ0n) is 15.9. The molecule has 9 heteroatoms. The number of hydrogen-bond donors (Lipinski definition) is 1. The van der Waals surface area contributed by atoms with Crippen molar-refractivity contribution >= 4 is 5.91 Å². The van der Waals surface area contributed by atoms with Gasteiger partial charge in [0, 0.05) is 24.2 Å². The molecule has 0 atom stereocenters. The van der Waals surface area contributed by atoms with E-state index in [4.69, 9.17) is 0 Å². The van der Waals surface area contributed by atoms with Crippen LogP contribution < -0.4 is 5.32 Å². The summed E-state index contributed by atoms with van der Waals surface area (Å²) >= 11 is 0. The number of nitrogens with one attached hydrogen (secondary N) is 1. The highest BCUT2D eigenvalue weighted by molar-refractivity contribution is 5.95. The standard InChI is InChI=1S/C21H18F3N5O/c1-2-10-25-19(30)15-12-27-29(18(15)13-7-8-13)20-26-11-9-17(28-20)14-5-3-4-6-16(14)21(22,23)24/h2-6,9,11-13H,1,7-8,10H2,(H,25,30). The van der Waals surface area contributed by atoms with Gasteiger partial charge in [0.25, 0.3) is 11.9 Å². The van der Waals surface area contributed by atoms with Crippen molar-refractivity contribution < 1.29 is 18.0 Å². The Hall–Kier alpha value is -3.49. The van der Waals surface area contributed by atoms with E-state index in [1.165, 1.54) is 41.3 Å². The number of benzene rings is 1. The Labute approximate surface area is 170 Å². The Morgan fingerprint density at radius 2 is 2.03 bits per heavy atom. The molecular formula is C21H18F3N5O. The predicted octanol–water partition coefficient (Wildman–Crippen LogP) is 4.14. The van der Waals surface area contributed by atoms with Crippen molar-refractivity contribution in [2.24, 2.45) is 0 Å². The van der Waals surface area contributed by atoms with Gasteiger partial charge in [-0.3, -0.25) is 4.79 Å². The molecule has 1 aliphatic rings. The average Bonchev–Trinajstić information content (AvgIpc) is 3.49. The number of carbonyl (C=O) groups is 1. The van der Waals surface area contributed by atoms with E-state index in [9.17, 15) is 18.0 Å². The van der Waals surface area contributed by atoms with Gasteiger partial charge in [-0.15, -0.1) is 6.58 Å². The lowest BCUT2D eigenvalue weighted by molar-refractivity contribution is -0.137. The van der Waals surface area contributed by atoms with Gasteiger partial charge < -0.3 is 5.32 Å². The molecule has 0 bridgehead atoms. The number of carbonyl (C=O) groups excluding carboxylic acids is 1. The second-order valence-electron chi connectivity index (χ2n) is 6.91. The first-order valence-corrected chi connectivity index (χ1v) is 9.37. The highest BCUT2D eigenvalue weighted by atomic mass is 19.4. The van der Waals surface area contributed by atoms with Gasteiger partial charge in [-0.2, -0.15) is 18.3 Å². The maximum atomic E-state index is 13.4. The topological polar surface area (TPSA) is 72.7 Å². The highest BCUT2D eigenvalue weighted by Crippen LogP contribution is 2.42. The van der Waals surface area contributed by atoms with E-state index in [2.05, 4.69) is 27.0 Å². The van der Waals surface area contributed by atoms with Crippen LogP contribution in [-0.4, -0.2) is 32.2 Å². The van der Waals surface area contributed by atoms with Gasteiger partial charge in [-0.25, -0.2) is 14.6 Å². The van der Waals surface area contributed by atoms with Crippen LogP contribution in [0.25, 0.3) is 17.2 Å². The number of rotatable bonds is 6. The molecule has 30 heavy (non-hydrogen) atoms. The molecule has 0 radical (unpaired) electrons. The van der Waals surface area contributed by atoms with E-state index in [1.54, 1.807) is 6.08 Å². The maximum Gasteiger partial charge on any atom is 0.417 e. The molecule has 3 aromatic rings. The monoisotopic (exact) mass is 413 g/mol. The van der Waals surface area contributed by atoms with Crippen LogP contribution >= 0.6 is 0 Å². The Bertz CT molecular complexity index is 1100. The van der Waals surface area contributed by atoms with Crippen molar-refractivity contribution in [3.63, 3.8) is 0 Å². The number of hydrogen-bond acceptors (Lipinski definition) is 4. The number of alkyl halides is 3. The third kappa shape index (κ3) is 3.83. The summed E-state index contributed by atoms with van der Waals surface area (Å²) in [4.78, 5) is 21.0. The molecule has 1 amide bonds. The SMILES string of the molecule is C=CCNC(=O)c1cnn(-c2nccc(-c3ccccc3C(F)(F)F)n2)c1C1CC1. The molecular weight excluding hydrogens is 395 g/mol. The highest BCUT2D eigenvalue weighted by Gasteiger charge is 2.35. The molecule has 154 valence electrons. The fourth-order valence-corrected chi connectivity index (χ4v) is 3.26. The van der Waals surface area contributed by atoms with Crippen molar-refractivity contribution in [3.05, 3.63) is 72.2 Å². The molecule has 0 aliphatic heterocycles. The molecule has 2 heterocycles. The van der Waals surface area contributed by atoms with Gasteiger partial charge in [0.15, 0.2) is 0 Å². The van der Waals surface area contributed by atoms with Gasteiger partial charge in [-0.05, 0) is 25.0 Å². The second-order valence-corrected chi connectivity index (χ2v) is 6.91. The Kier molecular flexibility index (Phi) is 5.11. The summed E-state index contributed by atoms with van der Waals surface area (Å²) in [5.74, 6) is -0.0394. The quantitative estimate of drug-likeness (QED) is 0.617. The Balaban J connectivity index is 1.77. The van der Waals surface area contributed by atoms with Crippen molar-refractivity contribution in [2.75, 3.05) is 6.54 Å². The molecule has 1 N–H and O–H groups in total. The van der Waals surface area contributed by atoms with E-state index >= 15 is 0 Å². The third-order valence-electron chi connectivity index (χ3n) is 4.76. The van der Waals surface area contributed by atoms with E-state index in [0.29, 0.717) is 17.8 Å². The molecule has 0 saturated heterocycles. The van der Waals surface area contributed by atoms with Gasteiger partial charge >= 0.3 is 6.18 Å². The van der Waals surface area contributed by atoms with E-state index in [1.807, 2.05) is 0 Å². The molecule has 6 nitrogen and oxygen atoms in total. The van der Waals surface area contributed by atoms with Crippen LogP contribution in [0.5, 0.6) is 0 Å². The maximum absolute atomic E-state index is 13.4. The predicted molar refractivity (Wildman–Crippen MR) is 104 cm³/mol. The molecule has 1 fully saturated rings. The lowest BCUT2D eigenvalue weighted by Gasteiger charge is -2.13. The van der Waals surface area contributed by atoms with E-state index < -0.39 is 11.7 Å². The summed E-state index contributed by atoms with van der Waals surface area (Å²) in [6.07, 6.45) is 1.67. The summed E-state index contributed by atoms with van der Waals surface area (Å²) in [5.41, 5.74) is 0.379. The molecule has 1 aromatic carbocycles. The van der Waals surface area contributed by atoms with Gasteiger partial charge in [0.1, 0.15) is 0 Å². The minimum absolute atomic E-state index is 0.0438. The average molecular weight is 413 g/mol. The number of amides is 1. The lowest BCUT2D eigenvalue weighted by atomic mass is 10.0. The van der Waals surface area contributed by atoms with Crippen LogP contribution in [0.3, 0.4) is 0 Å². The Morgan fingerprint density at radius 1 is 1.27 bits per heavy atom. The van der Waals surface area contributed by atoms with Gasteiger partial charge in [0.2, 0.25) is 0 Å². The van der Waals surface area contributed by atoms with Crippen molar-refractivity contribution in [1.29, 1.82) is 0 Å². The number of aromatic nitrogens is 4. The van der Waals surface area contributed by atoms with Crippen LogP contribution in [0, 0.1) is 0 Å². The van der Waals surface area contributed by atoms with E-state index in [0.717, 1.165) is 18.9 Å². The van der Waals surface area contributed by atoms with Crippen LogP contribution in [0.4, 0.5) is 13.2 Å². The minimum atomic E-state index is -4.51. The molecule has 1 saturated carbocycles. The molecule has 4 rings (SSSR count). The first-order valence-electron chi connectivity index (χ1n) is 9.37. The van der Waals surface area contributed by atoms with Crippen molar-refractivity contribution in [3.8, 4) is 17.2 Å². The lowest BCUT2D eigenvalue weighted by Crippen LogP contribution is -2.24. The summed E-state index contributed by atoms with van der Waals surface area (Å²) < 4.78 is 41.7. The van der Waals surface area contributed by atoms with Crippen LogP contribution in [0.2, 0.25) is 0 Å². The first kappa shape index (κ1) is 19.8. The molecule has 0 spiro atoms. The van der Waals surface area contributed by atoms with Crippen molar-refractivity contribution in [2.45, 2.75) is 24.9 Å². The van der Waals surface area contributed by atoms with E-state index in [-0.39, 0.29) is 29.0 Å². The normalized spacial score (nSPS) is 13.8. The third-order valence-corrected chi connectivity index (χ3v) is 4.76. The fourth-order valence-electron chi connectivity index (χ4n) is 3.26. The number of nitrogens with zero attached hydrogens (tertiary/aromatic N) is 4. The summed E-state index contributed by atoms with van der Waals surface area (Å²) in [5, 5.41) is 6.99. The van der Waals surface area contributed by atoms with Gasteiger partial charge in [0.05, 0.1) is 28.7 Å². The minimum Gasteiger partial charge on any atom is -0.348 e. The van der Waals surface area contributed by atoms with Gasteiger partial charge in [-0.1, -0.05) is 24.3 Å². The summed E-state index contributed by atoms with van der Waals surface area (Å²) in [7, 11) is 0. The Morgan fingerprint density at radius 3 is 2.73 bits per heavy atom. The van der Waals surface area contributed by atoms with Crippen LogP contribution in [0.1, 0.15) is 40.4 Å². The number of halogens is 3. The van der Waals surface area contributed by atoms with Crippen molar-refractivity contribution in [1.82, 2.24) is 25.1 Å². The summed E-state index contributed by atoms with van der Waals surface area (Å²) in [6, 6.07) is 6.67. The smallest absolute Gasteiger partial charge is 0.348 e. The zero-order valence-corrected chi connectivity index (χ0v) is 15.9. The summed E-state index contributed by atoms with van der Waals surface area (Å²) in [6.45, 7) is 3.89. The van der Waals surface area contributed by atoms with Crippen LogP contribution in [-0.2, 0) is 6.18 Å². The molecule has 1 aliphatic carbocycles. The largest absolute Gasteiger partial charge is 0.417 e. The first-order chi connectivity index (χ1) is 14.4. The second kappa shape index (κ2) is 7.74. The zero-order chi connectivity index (χ0) is 21.3. The van der Waals surface area contributed by atoms with Crippen LogP contribution in [0.15, 0.2) is 55.4 Å². The molecule has 2 aromatic heterocycles. The fraction of sp³-hybridized carbons (Fsp3) is 0.238.